The van der Waals surface area contributed by atoms with Gasteiger partial charge in [-0.2, -0.15) is 4.80 Å². The highest BCUT2D eigenvalue weighted by atomic mass is 35.5. The lowest BCUT2D eigenvalue weighted by Gasteiger charge is -2.12. The molecule has 134 valence electrons. The number of aromatic nitrogens is 5. The molecule has 1 N–H and O–H groups in total. The normalized spacial score (nSPS) is 12.1. The predicted octanol–water partition coefficient (Wildman–Crippen LogP) is 3.74. The van der Waals surface area contributed by atoms with E-state index >= 15 is 0 Å². The second-order valence-corrected chi connectivity index (χ2v) is 6.42. The van der Waals surface area contributed by atoms with E-state index in [2.05, 4.69) is 25.7 Å². The smallest absolute Gasteiger partial charge is 0.250 e. The van der Waals surface area contributed by atoms with Crippen molar-refractivity contribution in [2.75, 3.05) is 5.32 Å². The molecular formula is C19H15ClN6O. The number of carbonyl (C=O) groups excluding carboxylic acids is 1. The molecule has 0 aliphatic carbocycles. The fraction of sp³-hybridized carbons (Fsp3) is 0.105. The number of fused-ring (bicyclic) bond motifs is 1. The van der Waals surface area contributed by atoms with Crippen LogP contribution in [0.15, 0.2) is 60.8 Å². The summed E-state index contributed by atoms with van der Waals surface area (Å²) < 4.78 is 0. The number of benzene rings is 2. The van der Waals surface area contributed by atoms with E-state index in [-0.39, 0.29) is 5.91 Å². The van der Waals surface area contributed by atoms with Gasteiger partial charge in [0.05, 0.1) is 11.2 Å². The molecule has 0 saturated heterocycles. The van der Waals surface area contributed by atoms with Gasteiger partial charge in [0.2, 0.25) is 5.82 Å². The summed E-state index contributed by atoms with van der Waals surface area (Å²) in [5, 5.41) is 16.8. The average molecular weight is 379 g/mol. The SMILES string of the molecule is C[C@H](C(=O)Nc1cccc2ncccc12)n1nnc(-c2ccc(Cl)cc2)n1. The molecule has 0 radical (unpaired) electrons. The maximum atomic E-state index is 12.7. The van der Waals surface area contributed by atoms with Crippen LogP contribution in [-0.2, 0) is 4.79 Å². The number of anilines is 1. The lowest BCUT2D eigenvalue weighted by Crippen LogP contribution is -2.25. The molecule has 0 spiro atoms. The van der Waals surface area contributed by atoms with Crippen molar-refractivity contribution in [3.05, 3.63) is 65.8 Å². The van der Waals surface area contributed by atoms with E-state index in [9.17, 15) is 4.79 Å². The van der Waals surface area contributed by atoms with Crippen molar-refractivity contribution in [1.29, 1.82) is 0 Å². The molecule has 2 aromatic carbocycles. The highest BCUT2D eigenvalue weighted by Gasteiger charge is 2.19. The van der Waals surface area contributed by atoms with Crippen LogP contribution in [0.1, 0.15) is 13.0 Å². The Labute approximate surface area is 160 Å². The van der Waals surface area contributed by atoms with Crippen LogP contribution in [-0.4, -0.2) is 31.1 Å². The summed E-state index contributed by atoms with van der Waals surface area (Å²) in [6, 6.07) is 15.8. The standard InChI is InChI=1S/C19H15ClN6O/c1-12(26-24-18(23-25-26)13-7-9-14(20)10-8-13)19(27)22-17-6-2-5-16-15(17)4-3-11-21-16/h2-12H,1H3,(H,22,27)/t12-/m1/s1. The van der Waals surface area contributed by atoms with Crippen molar-refractivity contribution in [2.45, 2.75) is 13.0 Å². The summed E-state index contributed by atoms with van der Waals surface area (Å²) in [7, 11) is 0. The molecular weight excluding hydrogens is 364 g/mol. The van der Waals surface area contributed by atoms with E-state index in [0.29, 0.717) is 16.5 Å². The van der Waals surface area contributed by atoms with Gasteiger partial charge in [-0.1, -0.05) is 17.7 Å². The second-order valence-electron chi connectivity index (χ2n) is 5.98. The largest absolute Gasteiger partial charge is 0.324 e. The number of carbonyl (C=O) groups is 1. The maximum absolute atomic E-state index is 12.7. The van der Waals surface area contributed by atoms with E-state index in [1.54, 1.807) is 37.4 Å². The fourth-order valence-corrected chi connectivity index (χ4v) is 2.78. The third-order valence-electron chi connectivity index (χ3n) is 4.16. The summed E-state index contributed by atoms with van der Waals surface area (Å²) in [6.45, 7) is 1.71. The molecule has 4 aromatic rings. The van der Waals surface area contributed by atoms with Crippen LogP contribution in [0.4, 0.5) is 5.69 Å². The van der Waals surface area contributed by atoms with Crippen LogP contribution in [0.2, 0.25) is 5.02 Å². The average Bonchev–Trinajstić information content (AvgIpc) is 3.18. The van der Waals surface area contributed by atoms with E-state index in [4.69, 9.17) is 11.6 Å². The molecule has 8 heteroatoms. The minimum atomic E-state index is -0.634. The summed E-state index contributed by atoms with van der Waals surface area (Å²) in [4.78, 5) is 18.3. The molecule has 0 unspecified atom stereocenters. The number of nitrogens with zero attached hydrogens (tertiary/aromatic N) is 5. The van der Waals surface area contributed by atoms with Crippen LogP contribution in [0, 0.1) is 0 Å². The molecule has 0 saturated carbocycles. The minimum Gasteiger partial charge on any atom is -0.324 e. The van der Waals surface area contributed by atoms with Crippen LogP contribution >= 0.6 is 11.6 Å². The third-order valence-corrected chi connectivity index (χ3v) is 4.41. The van der Waals surface area contributed by atoms with Crippen molar-refractivity contribution in [2.24, 2.45) is 0 Å². The Morgan fingerprint density at radius 2 is 1.93 bits per heavy atom. The number of rotatable bonds is 4. The number of halogens is 1. The van der Waals surface area contributed by atoms with Gasteiger partial charge in [0.15, 0.2) is 0 Å². The Bertz CT molecular complexity index is 1100. The molecule has 4 rings (SSSR count). The molecule has 1 atom stereocenters. The number of hydrogen-bond acceptors (Lipinski definition) is 5. The van der Waals surface area contributed by atoms with Gasteiger partial charge < -0.3 is 5.32 Å². The number of pyridine rings is 1. The van der Waals surface area contributed by atoms with Crippen molar-refractivity contribution in [3.8, 4) is 11.4 Å². The van der Waals surface area contributed by atoms with Crippen LogP contribution in [0.25, 0.3) is 22.3 Å². The number of nitrogens with one attached hydrogen (secondary N) is 1. The monoisotopic (exact) mass is 378 g/mol. The van der Waals surface area contributed by atoms with Gasteiger partial charge in [-0.15, -0.1) is 10.2 Å². The van der Waals surface area contributed by atoms with Gasteiger partial charge in [0, 0.05) is 22.2 Å². The summed E-state index contributed by atoms with van der Waals surface area (Å²) in [6.07, 6.45) is 1.72. The third kappa shape index (κ3) is 3.50. The van der Waals surface area contributed by atoms with Gasteiger partial charge in [0.1, 0.15) is 6.04 Å². The first-order valence-corrected chi connectivity index (χ1v) is 8.70. The van der Waals surface area contributed by atoms with Crippen molar-refractivity contribution < 1.29 is 4.79 Å². The van der Waals surface area contributed by atoms with Gasteiger partial charge in [-0.25, -0.2) is 0 Å². The Kier molecular flexibility index (Phi) is 4.52. The van der Waals surface area contributed by atoms with Gasteiger partial charge in [-0.3, -0.25) is 9.78 Å². The van der Waals surface area contributed by atoms with E-state index < -0.39 is 6.04 Å². The highest BCUT2D eigenvalue weighted by molar-refractivity contribution is 6.30. The second kappa shape index (κ2) is 7.13. The Morgan fingerprint density at radius 1 is 1.11 bits per heavy atom. The zero-order valence-corrected chi connectivity index (χ0v) is 15.1. The van der Waals surface area contributed by atoms with Crippen LogP contribution in [0.5, 0.6) is 0 Å². The van der Waals surface area contributed by atoms with Gasteiger partial charge in [0.25, 0.3) is 5.91 Å². The summed E-state index contributed by atoms with van der Waals surface area (Å²) in [5.41, 5.74) is 2.28. The topological polar surface area (TPSA) is 85.6 Å². The van der Waals surface area contributed by atoms with E-state index in [1.165, 1.54) is 4.80 Å². The van der Waals surface area contributed by atoms with Crippen molar-refractivity contribution >= 4 is 34.1 Å². The van der Waals surface area contributed by atoms with E-state index in [0.717, 1.165) is 16.5 Å². The minimum absolute atomic E-state index is 0.244. The van der Waals surface area contributed by atoms with Gasteiger partial charge in [-0.05, 0) is 60.7 Å². The molecule has 0 bridgehead atoms. The first-order valence-electron chi connectivity index (χ1n) is 8.32. The molecule has 2 aromatic heterocycles. The van der Waals surface area contributed by atoms with Crippen LogP contribution in [0.3, 0.4) is 0 Å². The number of tetrazole rings is 1. The molecule has 7 nitrogen and oxygen atoms in total. The molecule has 0 aliphatic heterocycles. The maximum Gasteiger partial charge on any atom is 0.250 e. The Balaban J connectivity index is 1.55. The lowest BCUT2D eigenvalue weighted by atomic mass is 10.1. The molecule has 0 fully saturated rings. The zero-order chi connectivity index (χ0) is 18.8. The first-order chi connectivity index (χ1) is 13.1. The van der Waals surface area contributed by atoms with Crippen molar-refractivity contribution in [1.82, 2.24) is 25.2 Å². The van der Waals surface area contributed by atoms with Gasteiger partial charge >= 0.3 is 0 Å². The van der Waals surface area contributed by atoms with Crippen molar-refractivity contribution in [3.63, 3.8) is 0 Å². The lowest BCUT2D eigenvalue weighted by molar-refractivity contribution is -0.119. The number of amides is 1. The fourth-order valence-electron chi connectivity index (χ4n) is 2.66. The Hall–Kier alpha value is -3.32. The highest BCUT2D eigenvalue weighted by Crippen LogP contribution is 2.22. The molecule has 27 heavy (non-hydrogen) atoms. The number of hydrogen-bond donors (Lipinski definition) is 1. The zero-order valence-electron chi connectivity index (χ0n) is 14.4. The quantitative estimate of drug-likeness (QED) is 0.584. The van der Waals surface area contributed by atoms with Crippen LogP contribution < -0.4 is 5.32 Å². The Morgan fingerprint density at radius 3 is 2.74 bits per heavy atom. The summed E-state index contributed by atoms with van der Waals surface area (Å²) in [5.74, 6) is 0.187. The molecule has 1 amide bonds. The first kappa shape index (κ1) is 17.1. The molecule has 0 aliphatic rings. The van der Waals surface area contributed by atoms with E-state index in [1.807, 2.05) is 30.3 Å². The summed E-state index contributed by atoms with van der Waals surface area (Å²) >= 11 is 5.90. The predicted molar refractivity (Wildman–Crippen MR) is 103 cm³/mol. The molecule has 2 heterocycles.